The highest BCUT2D eigenvalue weighted by molar-refractivity contribution is 8.78. The Bertz CT molecular complexity index is 675. The molecule has 1 aromatic rings. The summed E-state index contributed by atoms with van der Waals surface area (Å²) in [5.41, 5.74) is 0. The average Bonchev–Trinajstić information content (AvgIpc) is 2.78. The Labute approximate surface area is 117 Å². The number of nitrogens with zero attached hydrogens (tertiary/aromatic N) is 2. The van der Waals surface area contributed by atoms with Crippen molar-refractivity contribution in [3.05, 3.63) is 40.1 Å². The van der Waals surface area contributed by atoms with Crippen LogP contribution >= 0.6 is 33.4 Å². The second-order valence-electron chi connectivity index (χ2n) is 3.13. The Kier molecular flexibility index (Phi) is 4.02. The normalized spacial score (nSPS) is 18.1. The third-order valence-corrected chi connectivity index (χ3v) is 6.24. The van der Waals surface area contributed by atoms with Crippen LogP contribution in [0.3, 0.4) is 0 Å². The van der Waals surface area contributed by atoms with Gasteiger partial charge in [0.25, 0.3) is 0 Å². The molecule has 2 rings (SSSR count). The zero-order valence-corrected chi connectivity index (χ0v) is 11.9. The number of hydrogen-bond donors (Lipinski definition) is 0. The summed E-state index contributed by atoms with van der Waals surface area (Å²) in [7, 11) is -1.74. The predicted molar refractivity (Wildman–Crippen MR) is 74.7 cm³/mol. The predicted octanol–water partition coefficient (Wildman–Crippen LogP) is 3.14. The number of nitriles is 1. The largest absolute Gasteiger partial charge is 0.218 e. The molecule has 1 aliphatic rings. The summed E-state index contributed by atoms with van der Waals surface area (Å²) in [5, 5.41) is 9.12. The standard InChI is InChI=1S/C10H5ClN2O2S3/c11-10-9(16-17-13-10)8(6-12)18(14,15)7-4-2-1-3-5-7/h1-5H/b9-8+. The molecular weight excluding hydrogens is 312 g/mol. The van der Waals surface area contributed by atoms with Crippen molar-refractivity contribution in [1.82, 2.24) is 0 Å². The Morgan fingerprint density at radius 2 is 2.00 bits per heavy atom. The number of rotatable bonds is 2. The molecule has 0 amide bonds. The number of allylic oxidation sites excluding steroid dienone is 2. The van der Waals surface area contributed by atoms with Crippen LogP contribution in [0.4, 0.5) is 0 Å². The lowest BCUT2D eigenvalue weighted by Crippen LogP contribution is -2.07. The fourth-order valence-corrected chi connectivity index (χ4v) is 5.31. The average molecular weight is 317 g/mol. The van der Waals surface area contributed by atoms with Crippen molar-refractivity contribution in [2.75, 3.05) is 0 Å². The van der Waals surface area contributed by atoms with E-state index in [9.17, 15) is 8.42 Å². The lowest BCUT2D eigenvalue weighted by atomic mass is 10.4. The van der Waals surface area contributed by atoms with Gasteiger partial charge in [0.15, 0.2) is 10.1 Å². The minimum absolute atomic E-state index is 0.0426. The molecule has 0 spiro atoms. The third kappa shape index (κ3) is 2.42. The highest BCUT2D eigenvalue weighted by atomic mass is 35.5. The van der Waals surface area contributed by atoms with Crippen molar-refractivity contribution in [3.8, 4) is 6.07 Å². The van der Waals surface area contributed by atoms with Gasteiger partial charge in [0, 0.05) is 0 Å². The van der Waals surface area contributed by atoms with Gasteiger partial charge >= 0.3 is 0 Å². The molecule has 0 N–H and O–H groups in total. The van der Waals surface area contributed by atoms with Crippen LogP contribution in [0.2, 0.25) is 0 Å². The monoisotopic (exact) mass is 316 g/mol. The Balaban J connectivity index is 2.61. The zero-order valence-electron chi connectivity index (χ0n) is 8.70. The topological polar surface area (TPSA) is 70.3 Å². The van der Waals surface area contributed by atoms with Crippen LogP contribution in [0, 0.1) is 11.3 Å². The van der Waals surface area contributed by atoms with Crippen LogP contribution in [0.25, 0.3) is 0 Å². The first-order valence-electron chi connectivity index (χ1n) is 4.59. The van der Waals surface area contributed by atoms with Crippen molar-refractivity contribution in [2.45, 2.75) is 4.90 Å². The third-order valence-electron chi connectivity index (χ3n) is 2.06. The lowest BCUT2D eigenvalue weighted by Gasteiger charge is -2.04. The molecule has 0 atom stereocenters. The first-order chi connectivity index (χ1) is 8.57. The van der Waals surface area contributed by atoms with Crippen LogP contribution in [0.5, 0.6) is 0 Å². The van der Waals surface area contributed by atoms with E-state index < -0.39 is 9.84 Å². The van der Waals surface area contributed by atoms with Gasteiger partial charge in [-0.05, 0) is 22.9 Å². The van der Waals surface area contributed by atoms with Crippen LogP contribution in [-0.4, -0.2) is 13.6 Å². The van der Waals surface area contributed by atoms with Gasteiger partial charge in [-0.2, -0.15) is 9.66 Å². The highest BCUT2D eigenvalue weighted by Gasteiger charge is 2.29. The quantitative estimate of drug-likeness (QED) is 0.476. The van der Waals surface area contributed by atoms with Gasteiger partial charge < -0.3 is 0 Å². The minimum Gasteiger partial charge on any atom is -0.218 e. The molecule has 1 heterocycles. The van der Waals surface area contributed by atoms with Crippen LogP contribution < -0.4 is 0 Å². The summed E-state index contributed by atoms with van der Waals surface area (Å²) < 4.78 is 28.3. The fraction of sp³-hybridized carbons (Fsp3) is 0. The number of hydrogen-bond acceptors (Lipinski definition) is 6. The molecule has 0 bridgehead atoms. The van der Waals surface area contributed by atoms with Crippen LogP contribution in [-0.2, 0) is 9.84 Å². The van der Waals surface area contributed by atoms with E-state index in [0.717, 1.165) is 21.8 Å². The van der Waals surface area contributed by atoms with Gasteiger partial charge in [0.1, 0.15) is 6.07 Å². The van der Waals surface area contributed by atoms with Gasteiger partial charge in [-0.1, -0.05) is 29.8 Å². The summed E-state index contributed by atoms with van der Waals surface area (Å²) in [4.78, 5) is -0.110. The number of sulfone groups is 1. The van der Waals surface area contributed by atoms with Gasteiger partial charge in [0.05, 0.1) is 20.8 Å². The van der Waals surface area contributed by atoms with E-state index in [4.69, 9.17) is 16.9 Å². The zero-order chi connectivity index (χ0) is 13.2. The maximum atomic E-state index is 12.3. The SMILES string of the molecule is N#C/C(=C1\SSN=C1Cl)S(=O)(=O)c1ccccc1. The van der Waals surface area contributed by atoms with Crippen molar-refractivity contribution in [2.24, 2.45) is 4.40 Å². The molecule has 0 radical (unpaired) electrons. The van der Waals surface area contributed by atoms with E-state index in [1.54, 1.807) is 24.3 Å². The first-order valence-corrected chi connectivity index (χ1v) is 8.56. The molecule has 0 saturated carbocycles. The van der Waals surface area contributed by atoms with Crippen molar-refractivity contribution >= 4 is 48.4 Å². The molecule has 1 aliphatic heterocycles. The summed E-state index contributed by atoms with van der Waals surface area (Å²) in [6, 6.07) is 9.47. The molecule has 0 unspecified atom stereocenters. The minimum atomic E-state index is -3.85. The highest BCUT2D eigenvalue weighted by Crippen LogP contribution is 2.43. The van der Waals surface area contributed by atoms with E-state index in [2.05, 4.69) is 4.40 Å². The Morgan fingerprint density at radius 1 is 1.33 bits per heavy atom. The van der Waals surface area contributed by atoms with Crippen LogP contribution in [0.1, 0.15) is 0 Å². The van der Waals surface area contributed by atoms with Crippen molar-refractivity contribution in [1.29, 1.82) is 5.26 Å². The molecular formula is C10H5ClN2O2S3. The first kappa shape index (κ1) is 13.5. The van der Waals surface area contributed by atoms with E-state index in [1.165, 1.54) is 12.1 Å². The molecule has 18 heavy (non-hydrogen) atoms. The molecule has 92 valence electrons. The molecule has 0 aliphatic carbocycles. The molecule has 1 aromatic carbocycles. The lowest BCUT2D eigenvalue weighted by molar-refractivity contribution is 0.603. The Hall–Kier alpha value is -0.940. The fourth-order valence-electron chi connectivity index (χ4n) is 1.25. The van der Waals surface area contributed by atoms with Gasteiger partial charge in [-0.15, -0.1) is 0 Å². The Morgan fingerprint density at radius 3 is 2.50 bits per heavy atom. The van der Waals surface area contributed by atoms with Crippen molar-refractivity contribution < 1.29 is 8.42 Å². The van der Waals surface area contributed by atoms with Gasteiger partial charge in [-0.3, -0.25) is 0 Å². The van der Waals surface area contributed by atoms with E-state index >= 15 is 0 Å². The number of halogens is 1. The summed E-state index contributed by atoms with van der Waals surface area (Å²) in [5.74, 6) is 0. The maximum Gasteiger partial charge on any atom is 0.217 e. The summed E-state index contributed by atoms with van der Waals surface area (Å²) in [6.07, 6.45) is 0. The molecule has 0 aromatic heterocycles. The number of benzene rings is 1. The van der Waals surface area contributed by atoms with E-state index in [0.29, 0.717) is 0 Å². The smallest absolute Gasteiger partial charge is 0.217 e. The maximum absolute atomic E-state index is 12.3. The molecule has 8 heteroatoms. The second-order valence-corrected chi connectivity index (χ2v) is 7.22. The molecule has 4 nitrogen and oxygen atoms in total. The molecule has 0 saturated heterocycles. The molecule has 0 fully saturated rings. The summed E-state index contributed by atoms with van der Waals surface area (Å²) in [6.45, 7) is 0. The van der Waals surface area contributed by atoms with E-state index in [1.807, 2.05) is 0 Å². The second kappa shape index (κ2) is 5.36. The van der Waals surface area contributed by atoms with Gasteiger partial charge in [-0.25, -0.2) is 8.42 Å². The van der Waals surface area contributed by atoms with Crippen LogP contribution in [0.15, 0.2) is 49.4 Å². The summed E-state index contributed by atoms with van der Waals surface area (Å²) >= 11 is 5.78. The van der Waals surface area contributed by atoms with Gasteiger partial charge in [0.2, 0.25) is 9.84 Å². The van der Waals surface area contributed by atoms with E-state index in [-0.39, 0.29) is 19.9 Å². The van der Waals surface area contributed by atoms with Crippen molar-refractivity contribution in [3.63, 3.8) is 0 Å².